The van der Waals surface area contributed by atoms with E-state index >= 15 is 0 Å². The predicted molar refractivity (Wildman–Crippen MR) is 98.2 cm³/mol. The van der Waals surface area contributed by atoms with Crippen LogP contribution in [-0.2, 0) is 0 Å². The number of hydrogen-bond donors (Lipinski definition) is 1. The second-order valence-corrected chi connectivity index (χ2v) is 6.89. The summed E-state index contributed by atoms with van der Waals surface area (Å²) in [4.78, 5) is 16.2. The van der Waals surface area contributed by atoms with Crippen molar-refractivity contribution in [1.29, 1.82) is 5.26 Å². The molecule has 6 heteroatoms. The van der Waals surface area contributed by atoms with Gasteiger partial charge in [-0.1, -0.05) is 6.42 Å². The number of hydrogen-bond acceptors (Lipinski definition) is 5. The molecule has 1 saturated carbocycles. The standard InChI is InChI=1S/C20H23N3O3/c1-12(2)25-18-9-16-15(8-17(18)19(22)24)13(10-21)11-23-20(16)26-14-6-4-3-5-7-14/h8-9,11-12,14H,3-7H2,1-2H3,(H2,22,24). The highest BCUT2D eigenvalue weighted by atomic mass is 16.5. The van der Waals surface area contributed by atoms with E-state index in [0.29, 0.717) is 28.0 Å². The number of benzene rings is 1. The first kappa shape index (κ1) is 18.0. The van der Waals surface area contributed by atoms with Gasteiger partial charge in [-0.15, -0.1) is 0 Å². The molecular formula is C20H23N3O3. The Morgan fingerprint density at radius 2 is 2.00 bits per heavy atom. The first-order chi connectivity index (χ1) is 12.5. The first-order valence-corrected chi connectivity index (χ1v) is 8.99. The fraction of sp³-hybridized carbons (Fsp3) is 0.450. The predicted octanol–water partition coefficient (Wildman–Crippen LogP) is 3.70. The van der Waals surface area contributed by atoms with Crippen LogP contribution >= 0.6 is 0 Å². The van der Waals surface area contributed by atoms with Gasteiger partial charge in [0.25, 0.3) is 5.91 Å². The molecule has 1 aliphatic rings. The lowest BCUT2D eigenvalue weighted by Gasteiger charge is -2.23. The van der Waals surface area contributed by atoms with Crippen LogP contribution < -0.4 is 15.2 Å². The van der Waals surface area contributed by atoms with Gasteiger partial charge in [0.05, 0.1) is 17.2 Å². The largest absolute Gasteiger partial charge is 0.490 e. The minimum atomic E-state index is -0.599. The van der Waals surface area contributed by atoms with Gasteiger partial charge in [-0.05, 0) is 51.7 Å². The third-order valence-corrected chi connectivity index (χ3v) is 4.53. The number of carbonyl (C=O) groups is 1. The van der Waals surface area contributed by atoms with Gasteiger partial charge in [0.2, 0.25) is 5.88 Å². The first-order valence-electron chi connectivity index (χ1n) is 8.99. The number of primary amides is 1. The fourth-order valence-electron chi connectivity index (χ4n) is 3.31. The van der Waals surface area contributed by atoms with Gasteiger partial charge >= 0.3 is 0 Å². The minimum Gasteiger partial charge on any atom is -0.490 e. The van der Waals surface area contributed by atoms with Gasteiger partial charge in [0.15, 0.2) is 0 Å². The van der Waals surface area contributed by atoms with E-state index in [4.69, 9.17) is 15.2 Å². The molecule has 0 saturated heterocycles. The molecule has 2 aromatic rings. The third-order valence-electron chi connectivity index (χ3n) is 4.53. The molecular weight excluding hydrogens is 330 g/mol. The second-order valence-electron chi connectivity index (χ2n) is 6.89. The Bertz CT molecular complexity index is 865. The van der Waals surface area contributed by atoms with Crippen LogP contribution in [0.5, 0.6) is 11.6 Å². The normalized spacial score (nSPS) is 15.0. The van der Waals surface area contributed by atoms with Crippen LogP contribution in [0.15, 0.2) is 18.3 Å². The van der Waals surface area contributed by atoms with Gasteiger partial charge in [0.1, 0.15) is 17.9 Å². The second kappa shape index (κ2) is 7.61. The number of pyridine rings is 1. The Kier molecular flexibility index (Phi) is 5.27. The maximum atomic E-state index is 11.9. The molecule has 1 amide bonds. The fourth-order valence-corrected chi connectivity index (χ4v) is 3.31. The Hall–Kier alpha value is -2.81. The molecule has 136 valence electrons. The number of nitrogens with two attached hydrogens (primary N) is 1. The molecule has 0 radical (unpaired) electrons. The average Bonchev–Trinajstić information content (AvgIpc) is 2.62. The van der Waals surface area contributed by atoms with Crippen LogP contribution in [0, 0.1) is 11.3 Å². The summed E-state index contributed by atoms with van der Waals surface area (Å²) in [5.74, 6) is 0.249. The number of ether oxygens (including phenoxy) is 2. The summed E-state index contributed by atoms with van der Waals surface area (Å²) in [5.41, 5.74) is 6.13. The molecule has 1 heterocycles. The van der Waals surface area contributed by atoms with E-state index in [9.17, 15) is 10.1 Å². The molecule has 2 N–H and O–H groups in total. The molecule has 1 aromatic carbocycles. The van der Waals surface area contributed by atoms with Crippen molar-refractivity contribution < 1.29 is 14.3 Å². The minimum absolute atomic E-state index is 0.123. The highest BCUT2D eigenvalue weighted by molar-refractivity contribution is 6.03. The summed E-state index contributed by atoms with van der Waals surface area (Å²) in [6.45, 7) is 3.75. The smallest absolute Gasteiger partial charge is 0.252 e. The van der Waals surface area contributed by atoms with Crippen LogP contribution in [0.1, 0.15) is 61.9 Å². The van der Waals surface area contributed by atoms with Crippen molar-refractivity contribution in [2.75, 3.05) is 0 Å². The van der Waals surface area contributed by atoms with Crippen molar-refractivity contribution in [3.63, 3.8) is 0 Å². The van der Waals surface area contributed by atoms with Crippen LogP contribution in [0.4, 0.5) is 0 Å². The molecule has 0 atom stereocenters. The van der Waals surface area contributed by atoms with Crippen molar-refractivity contribution in [1.82, 2.24) is 4.98 Å². The number of amides is 1. The van der Waals surface area contributed by atoms with Crippen LogP contribution in [0.2, 0.25) is 0 Å². The highest BCUT2D eigenvalue weighted by Gasteiger charge is 2.21. The van der Waals surface area contributed by atoms with Crippen molar-refractivity contribution in [3.8, 4) is 17.7 Å². The Morgan fingerprint density at radius 3 is 2.62 bits per heavy atom. The van der Waals surface area contributed by atoms with Gasteiger partial charge in [-0.25, -0.2) is 4.98 Å². The maximum Gasteiger partial charge on any atom is 0.252 e. The zero-order valence-corrected chi connectivity index (χ0v) is 15.1. The van der Waals surface area contributed by atoms with Crippen molar-refractivity contribution in [2.45, 2.75) is 58.2 Å². The zero-order chi connectivity index (χ0) is 18.7. The lowest BCUT2D eigenvalue weighted by Crippen LogP contribution is -2.20. The van der Waals surface area contributed by atoms with Gasteiger partial charge in [-0.2, -0.15) is 5.26 Å². The number of nitrogens with zero attached hydrogens (tertiary/aromatic N) is 2. The maximum absolute atomic E-state index is 11.9. The Morgan fingerprint density at radius 1 is 1.27 bits per heavy atom. The van der Waals surface area contributed by atoms with E-state index in [0.717, 1.165) is 25.7 Å². The number of nitriles is 1. The molecule has 1 aromatic heterocycles. The molecule has 0 spiro atoms. The quantitative estimate of drug-likeness (QED) is 0.883. The van der Waals surface area contributed by atoms with Crippen molar-refractivity contribution >= 4 is 16.7 Å². The zero-order valence-electron chi connectivity index (χ0n) is 15.1. The summed E-state index contributed by atoms with van der Waals surface area (Å²) < 4.78 is 11.9. The lowest BCUT2D eigenvalue weighted by atomic mass is 9.97. The van der Waals surface area contributed by atoms with E-state index in [-0.39, 0.29) is 17.8 Å². The number of aromatic nitrogens is 1. The lowest BCUT2D eigenvalue weighted by molar-refractivity contribution is 0.0994. The third kappa shape index (κ3) is 3.72. The van der Waals surface area contributed by atoms with Crippen LogP contribution in [0.25, 0.3) is 10.8 Å². The number of carbonyl (C=O) groups excluding carboxylic acids is 1. The van der Waals surface area contributed by atoms with Crippen LogP contribution in [0.3, 0.4) is 0 Å². The highest BCUT2D eigenvalue weighted by Crippen LogP contribution is 2.34. The SMILES string of the molecule is CC(C)Oc1cc2c(OC3CCCCC3)ncc(C#N)c2cc1C(N)=O. The molecule has 6 nitrogen and oxygen atoms in total. The number of rotatable bonds is 5. The molecule has 26 heavy (non-hydrogen) atoms. The Balaban J connectivity index is 2.13. The molecule has 0 bridgehead atoms. The van der Waals surface area contributed by atoms with E-state index in [1.165, 1.54) is 12.6 Å². The monoisotopic (exact) mass is 353 g/mol. The topological polar surface area (TPSA) is 98.2 Å². The van der Waals surface area contributed by atoms with E-state index in [1.807, 2.05) is 13.8 Å². The molecule has 1 fully saturated rings. The van der Waals surface area contributed by atoms with Crippen molar-refractivity contribution in [2.24, 2.45) is 5.73 Å². The van der Waals surface area contributed by atoms with Gasteiger partial charge in [-0.3, -0.25) is 4.79 Å². The summed E-state index contributed by atoms with van der Waals surface area (Å²) in [6, 6.07) is 5.43. The van der Waals surface area contributed by atoms with Gasteiger partial charge in [0, 0.05) is 17.0 Å². The summed E-state index contributed by atoms with van der Waals surface area (Å²) >= 11 is 0. The molecule has 1 aliphatic carbocycles. The van der Waals surface area contributed by atoms with Crippen LogP contribution in [-0.4, -0.2) is 23.1 Å². The van der Waals surface area contributed by atoms with E-state index < -0.39 is 5.91 Å². The average molecular weight is 353 g/mol. The summed E-state index contributed by atoms with van der Waals surface area (Å²) in [6.07, 6.45) is 7.00. The van der Waals surface area contributed by atoms with Crippen molar-refractivity contribution in [3.05, 3.63) is 29.5 Å². The van der Waals surface area contributed by atoms with E-state index in [1.54, 1.807) is 12.1 Å². The Labute approximate surface area is 152 Å². The molecule has 0 aliphatic heterocycles. The van der Waals surface area contributed by atoms with Gasteiger partial charge < -0.3 is 15.2 Å². The summed E-state index contributed by atoms with van der Waals surface area (Å²) in [5, 5.41) is 10.7. The molecule has 0 unspecified atom stereocenters. The molecule has 3 rings (SSSR count). The number of fused-ring (bicyclic) bond motifs is 1. The summed E-state index contributed by atoms with van der Waals surface area (Å²) in [7, 11) is 0. The van der Waals surface area contributed by atoms with E-state index in [2.05, 4.69) is 11.1 Å².